The highest BCUT2D eigenvalue weighted by molar-refractivity contribution is 7.99. The Morgan fingerprint density at radius 1 is 1.16 bits per heavy atom. The molecule has 0 amide bonds. The minimum absolute atomic E-state index is 0.0289. The summed E-state index contributed by atoms with van der Waals surface area (Å²) >= 11 is 7.86. The molecule has 0 aliphatic carbocycles. The minimum Gasteiger partial charge on any atom is -0.323 e. The summed E-state index contributed by atoms with van der Waals surface area (Å²) < 4.78 is 0. The first-order chi connectivity index (χ1) is 9.08. The number of benzene rings is 2. The van der Waals surface area contributed by atoms with Gasteiger partial charge in [0.15, 0.2) is 0 Å². The Morgan fingerprint density at radius 2 is 1.89 bits per heavy atom. The van der Waals surface area contributed by atoms with Crippen LogP contribution in [-0.4, -0.2) is 5.75 Å². The van der Waals surface area contributed by atoms with E-state index in [1.807, 2.05) is 24.3 Å². The molecule has 0 radical (unpaired) electrons. The summed E-state index contributed by atoms with van der Waals surface area (Å²) in [6.07, 6.45) is 0. The molecule has 0 aliphatic heterocycles. The maximum absolute atomic E-state index is 6.30. The molecule has 19 heavy (non-hydrogen) atoms. The Kier molecular flexibility index (Phi) is 4.92. The van der Waals surface area contributed by atoms with Crippen LogP contribution in [0.2, 0.25) is 5.02 Å². The number of thioether (sulfide) groups is 1. The van der Waals surface area contributed by atoms with Gasteiger partial charge in [0.2, 0.25) is 0 Å². The Labute approximate surface area is 124 Å². The summed E-state index contributed by atoms with van der Waals surface area (Å²) in [5.74, 6) is 0.827. The van der Waals surface area contributed by atoms with E-state index < -0.39 is 0 Å². The maximum Gasteiger partial charge on any atom is 0.0541 e. The van der Waals surface area contributed by atoms with Crippen LogP contribution in [0.15, 0.2) is 47.4 Å². The molecule has 0 aromatic heterocycles. The van der Waals surface area contributed by atoms with Gasteiger partial charge < -0.3 is 5.73 Å². The molecule has 2 rings (SSSR count). The van der Waals surface area contributed by atoms with Gasteiger partial charge in [0.05, 0.1) is 5.02 Å². The van der Waals surface area contributed by atoms with Gasteiger partial charge in [0.25, 0.3) is 0 Å². The predicted molar refractivity (Wildman–Crippen MR) is 85.0 cm³/mol. The third-order valence-corrected chi connectivity index (χ3v) is 4.72. The molecule has 0 fully saturated rings. The van der Waals surface area contributed by atoms with Crippen LogP contribution in [0, 0.1) is 13.8 Å². The van der Waals surface area contributed by atoms with Gasteiger partial charge >= 0.3 is 0 Å². The van der Waals surface area contributed by atoms with E-state index in [9.17, 15) is 0 Å². The van der Waals surface area contributed by atoms with E-state index in [0.29, 0.717) is 0 Å². The first-order valence-corrected chi connectivity index (χ1v) is 7.64. The van der Waals surface area contributed by atoms with Gasteiger partial charge in [0, 0.05) is 16.7 Å². The SMILES string of the molecule is Cc1ccc(C)c(C(N)CSc2ccccc2Cl)c1. The summed E-state index contributed by atoms with van der Waals surface area (Å²) in [5, 5.41) is 0.792. The highest BCUT2D eigenvalue weighted by atomic mass is 35.5. The smallest absolute Gasteiger partial charge is 0.0541 e. The molecule has 0 saturated carbocycles. The molecule has 0 spiro atoms. The lowest BCUT2D eigenvalue weighted by Crippen LogP contribution is -2.14. The Morgan fingerprint density at radius 3 is 2.63 bits per heavy atom. The largest absolute Gasteiger partial charge is 0.323 e. The van der Waals surface area contributed by atoms with E-state index in [2.05, 4.69) is 32.0 Å². The van der Waals surface area contributed by atoms with Crippen molar-refractivity contribution in [2.45, 2.75) is 24.8 Å². The number of halogens is 1. The normalized spacial score (nSPS) is 12.4. The molecule has 1 unspecified atom stereocenters. The number of rotatable bonds is 4. The third kappa shape index (κ3) is 3.75. The van der Waals surface area contributed by atoms with E-state index in [0.717, 1.165) is 15.7 Å². The zero-order valence-corrected chi connectivity index (χ0v) is 12.8. The van der Waals surface area contributed by atoms with Crippen LogP contribution < -0.4 is 5.73 Å². The van der Waals surface area contributed by atoms with E-state index in [4.69, 9.17) is 17.3 Å². The fourth-order valence-corrected chi connectivity index (χ4v) is 3.21. The van der Waals surface area contributed by atoms with Gasteiger partial charge in [-0.15, -0.1) is 11.8 Å². The lowest BCUT2D eigenvalue weighted by Gasteiger charge is -2.15. The number of hydrogen-bond acceptors (Lipinski definition) is 2. The summed E-state index contributed by atoms with van der Waals surface area (Å²) in [7, 11) is 0. The lowest BCUT2D eigenvalue weighted by atomic mass is 10.0. The van der Waals surface area contributed by atoms with E-state index in [-0.39, 0.29) is 6.04 Å². The van der Waals surface area contributed by atoms with Gasteiger partial charge in [-0.2, -0.15) is 0 Å². The fourth-order valence-electron chi connectivity index (χ4n) is 1.99. The summed E-state index contributed by atoms with van der Waals surface area (Å²) in [6.45, 7) is 4.20. The molecular formula is C16H18ClNS. The van der Waals surface area contributed by atoms with Crippen LogP contribution in [0.5, 0.6) is 0 Å². The fraction of sp³-hybridized carbons (Fsp3) is 0.250. The molecule has 2 N–H and O–H groups in total. The van der Waals surface area contributed by atoms with Crippen LogP contribution in [0.3, 0.4) is 0 Å². The summed E-state index contributed by atoms with van der Waals surface area (Å²) in [4.78, 5) is 1.09. The molecule has 1 nitrogen and oxygen atoms in total. The first-order valence-electron chi connectivity index (χ1n) is 6.28. The van der Waals surface area contributed by atoms with E-state index >= 15 is 0 Å². The lowest BCUT2D eigenvalue weighted by molar-refractivity contribution is 0.821. The van der Waals surface area contributed by atoms with E-state index in [1.165, 1.54) is 16.7 Å². The molecule has 0 bridgehead atoms. The number of nitrogens with two attached hydrogens (primary N) is 1. The average Bonchev–Trinajstić information content (AvgIpc) is 2.40. The molecule has 1 atom stereocenters. The van der Waals surface area contributed by atoms with Gasteiger partial charge in [-0.3, -0.25) is 0 Å². The second kappa shape index (κ2) is 6.47. The van der Waals surface area contributed by atoms with Crippen molar-refractivity contribution in [3.05, 3.63) is 64.2 Å². The molecular weight excluding hydrogens is 274 g/mol. The van der Waals surface area contributed by atoms with Crippen molar-refractivity contribution in [1.29, 1.82) is 0 Å². The highest BCUT2D eigenvalue weighted by Crippen LogP contribution is 2.30. The van der Waals surface area contributed by atoms with Crippen molar-refractivity contribution < 1.29 is 0 Å². The van der Waals surface area contributed by atoms with Gasteiger partial charge in [-0.25, -0.2) is 0 Å². The Hall–Kier alpha value is -0.960. The highest BCUT2D eigenvalue weighted by Gasteiger charge is 2.10. The van der Waals surface area contributed by atoms with E-state index in [1.54, 1.807) is 11.8 Å². The van der Waals surface area contributed by atoms with Gasteiger partial charge in [0.1, 0.15) is 0 Å². The van der Waals surface area contributed by atoms with Crippen molar-refractivity contribution in [2.24, 2.45) is 5.73 Å². The van der Waals surface area contributed by atoms with Crippen LogP contribution in [0.25, 0.3) is 0 Å². The van der Waals surface area contributed by atoms with Gasteiger partial charge in [-0.1, -0.05) is 47.5 Å². The molecule has 2 aromatic rings. The Bertz CT molecular complexity index is 568. The van der Waals surface area contributed by atoms with Gasteiger partial charge in [-0.05, 0) is 37.1 Å². The minimum atomic E-state index is 0.0289. The zero-order valence-electron chi connectivity index (χ0n) is 11.2. The van der Waals surface area contributed by atoms with Crippen molar-refractivity contribution >= 4 is 23.4 Å². The number of hydrogen-bond donors (Lipinski definition) is 1. The third-order valence-electron chi connectivity index (χ3n) is 3.09. The molecule has 0 heterocycles. The summed E-state index contributed by atoms with van der Waals surface area (Å²) in [6, 6.07) is 14.3. The number of aryl methyl sites for hydroxylation is 2. The second-order valence-corrected chi connectivity index (χ2v) is 6.18. The monoisotopic (exact) mass is 291 g/mol. The molecule has 0 aliphatic rings. The van der Waals surface area contributed by atoms with Crippen molar-refractivity contribution in [3.63, 3.8) is 0 Å². The standard InChI is InChI=1S/C16H18ClNS/c1-11-7-8-12(2)13(9-11)15(18)10-19-16-6-4-3-5-14(16)17/h3-9,15H,10,18H2,1-2H3. The first kappa shape index (κ1) is 14.4. The molecule has 100 valence electrons. The molecule has 3 heteroatoms. The average molecular weight is 292 g/mol. The van der Waals surface area contributed by atoms with Crippen molar-refractivity contribution in [3.8, 4) is 0 Å². The molecule has 2 aromatic carbocycles. The topological polar surface area (TPSA) is 26.0 Å². The predicted octanol–water partition coefficient (Wildman–Crippen LogP) is 4.75. The second-order valence-electron chi connectivity index (χ2n) is 4.71. The van der Waals surface area contributed by atoms with Crippen LogP contribution in [0.1, 0.15) is 22.7 Å². The van der Waals surface area contributed by atoms with Crippen molar-refractivity contribution in [1.82, 2.24) is 0 Å². The van der Waals surface area contributed by atoms with Crippen LogP contribution >= 0.6 is 23.4 Å². The van der Waals surface area contributed by atoms with Crippen LogP contribution in [0.4, 0.5) is 0 Å². The zero-order chi connectivity index (χ0) is 13.8. The van der Waals surface area contributed by atoms with Crippen molar-refractivity contribution in [2.75, 3.05) is 5.75 Å². The quantitative estimate of drug-likeness (QED) is 0.823. The Balaban J connectivity index is 2.07. The maximum atomic E-state index is 6.30. The summed E-state index contributed by atoms with van der Waals surface area (Å²) in [5.41, 5.74) is 10.0. The van der Waals surface area contributed by atoms with Crippen LogP contribution in [-0.2, 0) is 0 Å². The molecule has 0 saturated heterocycles.